The third-order valence-electron chi connectivity index (χ3n) is 2.76. The number of ketones is 1. The van der Waals surface area contributed by atoms with Crippen molar-refractivity contribution in [3.05, 3.63) is 29.3 Å². The fraction of sp³-hybridized carbons (Fsp3) is 0.533. The van der Waals surface area contributed by atoms with Crippen LogP contribution in [0.3, 0.4) is 0 Å². The van der Waals surface area contributed by atoms with E-state index in [0.717, 1.165) is 31.6 Å². The van der Waals surface area contributed by atoms with E-state index in [9.17, 15) is 4.79 Å². The van der Waals surface area contributed by atoms with Crippen LogP contribution in [0, 0.1) is 6.92 Å². The Morgan fingerprint density at radius 1 is 1.35 bits per heavy atom. The maximum absolute atomic E-state index is 10.9. The molecule has 0 atom stereocenters. The number of rotatable bonds is 7. The highest BCUT2D eigenvalue weighted by molar-refractivity contribution is 5.75. The van der Waals surface area contributed by atoms with Gasteiger partial charge < -0.3 is 9.53 Å². The third kappa shape index (κ3) is 5.03. The van der Waals surface area contributed by atoms with E-state index in [-0.39, 0.29) is 5.78 Å². The van der Waals surface area contributed by atoms with Gasteiger partial charge >= 0.3 is 0 Å². The van der Waals surface area contributed by atoms with Gasteiger partial charge in [-0.25, -0.2) is 0 Å². The highest BCUT2D eigenvalue weighted by Crippen LogP contribution is 2.19. The number of ether oxygens (including phenoxy) is 1. The fourth-order valence-corrected chi connectivity index (χ4v) is 1.79. The van der Waals surface area contributed by atoms with Crippen LogP contribution in [-0.2, 0) is 11.2 Å². The van der Waals surface area contributed by atoms with E-state index in [0.29, 0.717) is 6.42 Å². The van der Waals surface area contributed by atoms with Crippen molar-refractivity contribution in [3.63, 3.8) is 0 Å². The largest absolute Gasteiger partial charge is 0.494 e. The Labute approximate surface area is 104 Å². The molecule has 1 aromatic rings. The molecule has 0 saturated heterocycles. The average molecular weight is 234 g/mol. The first-order valence-electron chi connectivity index (χ1n) is 6.35. The molecule has 94 valence electrons. The second-order valence-corrected chi connectivity index (χ2v) is 4.49. The van der Waals surface area contributed by atoms with Gasteiger partial charge in [0.1, 0.15) is 11.5 Å². The number of Topliss-reactive ketones (excluding diaryl/α,β-unsaturated/α-hetero) is 1. The Morgan fingerprint density at radius 2 is 2.12 bits per heavy atom. The molecule has 0 aliphatic rings. The Morgan fingerprint density at radius 3 is 2.71 bits per heavy atom. The molecule has 0 saturated carbocycles. The molecule has 0 heterocycles. The molecule has 0 spiro atoms. The van der Waals surface area contributed by atoms with Crippen LogP contribution < -0.4 is 4.74 Å². The van der Waals surface area contributed by atoms with E-state index in [4.69, 9.17) is 4.74 Å². The van der Waals surface area contributed by atoms with Crippen molar-refractivity contribution in [3.8, 4) is 5.75 Å². The van der Waals surface area contributed by atoms with Crippen molar-refractivity contribution in [1.29, 1.82) is 0 Å². The summed E-state index contributed by atoms with van der Waals surface area (Å²) in [5.41, 5.74) is 2.57. The zero-order valence-corrected chi connectivity index (χ0v) is 11.1. The average Bonchev–Trinajstić information content (AvgIpc) is 2.28. The molecule has 2 heteroatoms. The van der Waals surface area contributed by atoms with E-state index in [1.807, 2.05) is 6.07 Å². The summed E-state index contributed by atoms with van der Waals surface area (Å²) >= 11 is 0. The van der Waals surface area contributed by atoms with E-state index in [1.54, 1.807) is 6.92 Å². The minimum Gasteiger partial charge on any atom is -0.494 e. The Kier molecular flexibility index (Phi) is 5.75. The van der Waals surface area contributed by atoms with Crippen molar-refractivity contribution in [2.45, 2.75) is 46.5 Å². The summed E-state index contributed by atoms with van der Waals surface area (Å²) in [4.78, 5) is 10.9. The second-order valence-electron chi connectivity index (χ2n) is 4.49. The van der Waals surface area contributed by atoms with Gasteiger partial charge in [0, 0.05) is 6.42 Å². The maximum atomic E-state index is 10.9. The van der Waals surface area contributed by atoms with Crippen LogP contribution in [-0.4, -0.2) is 12.4 Å². The van der Waals surface area contributed by atoms with Crippen molar-refractivity contribution in [1.82, 2.24) is 0 Å². The van der Waals surface area contributed by atoms with Crippen LogP contribution in [0.25, 0.3) is 0 Å². The van der Waals surface area contributed by atoms with Crippen LogP contribution in [0.5, 0.6) is 5.75 Å². The first kappa shape index (κ1) is 13.8. The van der Waals surface area contributed by atoms with Crippen LogP contribution in [0.15, 0.2) is 18.2 Å². The molecule has 17 heavy (non-hydrogen) atoms. The van der Waals surface area contributed by atoms with E-state index in [1.165, 1.54) is 11.1 Å². The quantitative estimate of drug-likeness (QED) is 0.719. The molecule has 2 nitrogen and oxygen atoms in total. The monoisotopic (exact) mass is 234 g/mol. The summed E-state index contributed by atoms with van der Waals surface area (Å²) in [5.74, 6) is 1.21. The summed E-state index contributed by atoms with van der Waals surface area (Å²) in [6.07, 6.45) is 3.61. The van der Waals surface area contributed by atoms with Gasteiger partial charge in [0.05, 0.1) is 6.61 Å². The van der Waals surface area contributed by atoms with Gasteiger partial charge in [-0.05, 0) is 56.4 Å². The molecule has 1 aromatic carbocycles. The number of carbonyl (C=O) groups excluding carboxylic acids is 1. The summed E-state index contributed by atoms with van der Waals surface area (Å²) in [5, 5.41) is 0. The van der Waals surface area contributed by atoms with E-state index in [2.05, 4.69) is 26.0 Å². The van der Waals surface area contributed by atoms with E-state index < -0.39 is 0 Å². The molecular formula is C15H22O2. The van der Waals surface area contributed by atoms with Crippen molar-refractivity contribution in [2.75, 3.05) is 6.61 Å². The van der Waals surface area contributed by atoms with Crippen LogP contribution in [0.1, 0.15) is 44.2 Å². The predicted octanol–water partition coefficient (Wildman–Crippen LogP) is 3.70. The van der Waals surface area contributed by atoms with Gasteiger partial charge in [0.15, 0.2) is 0 Å². The first-order chi connectivity index (χ1) is 8.13. The zero-order chi connectivity index (χ0) is 12.7. The number of hydrogen-bond donors (Lipinski definition) is 0. The zero-order valence-electron chi connectivity index (χ0n) is 11.1. The number of benzene rings is 1. The molecule has 0 unspecified atom stereocenters. The van der Waals surface area contributed by atoms with Crippen LogP contribution >= 0.6 is 0 Å². The van der Waals surface area contributed by atoms with Gasteiger partial charge in [0.2, 0.25) is 0 Å². The maximum Gasteiger partial charge on any atom is 0.129 e. The normalized spacial score (nSPS) is 10.3. The number of hydrogen-bond acceptors (Lipinski definition) is 2. The Bertz CT molecular complexity index is 369. The van der Waals surface area contributed by atoms with Crippen molar-refractivity contribution in [2.24, 2.45) is 0 Å². The van der Waals surface area contributed by atoms with Gasteiger partial charge in [0.25, 0.3) is 0 Å². The van der Waals surface area contributed by atoms with Crippen molar-refractivity contribution >= 4 is 5.78 Å². The highest BCUT2D eigenvalue weighted by atomic mass is 16.5. The predicted molar refractivity (Wildman–Crippen MR) is 70.6 cm³/mol. The molecule has 0 aliphatic carbocycles. The minimum atomic E-state index is 0.269. The molecule has 1 rings (SSSR count). The summed E-state index contributed by atoms with van der Waals surface area (Å²) < 4.78 is 5.58. The van der Waals surface area contributed by atoms with Crippen LogP contribution in [0.2, 0.25) is 0 Å². The van der Waals surface area contributed by atoms with E-state index >= 15 is 0 Å². The van der Waals surface area contributed by atoms with Crippen LogP contribution in [0.4, 0.5) is 0 Å². The van der Waals surface area contributed by atoms with Gasteiger partial charge in [-0.2, -0.15) is 0 Å². The highest BCUT2D eigenvalue weighted by Gasteiger charge is 2.02. The smallest absolute Gasteiger partial charge is 0.129 e. The summed E-state index contributed by atoms with van der Waals surface area (Å²) in [6, 6.07) is 6.21. The molecule has 0 aromatic heterocycles. The SMILES string of the molecule is CCCOc1ccc(CCCC(C)=O)c(C)c1. The molecule has 0 amide bonds. The fourth-order valence-electron chi connectivity index (χ4n) is 1.79. The lowest BCUT2D eigenvalue weighted by Gasteiger charge is -2.09. The minimum absolute atomic E-state index is 0.269. The molecule has 0 bridgehead atoms. The van der Waals surface area contributed by atoms with Gasteiger partial charge in [-0.3, -0.25) is 0 Å². The topological polar surface area (TPSA) is 26.3 Å². The molecule has 0 N–H and O–H groups in total. The molecule has 0 aliphatic heterocycles. The van der Waals surface area contributed by atoms with Crippen molar-refractivity contribution < 1.29 is 9.53 Å². The lowest BCUT2D eigenvalue weighted by atomic mass is 10.0. The number of carbonyl (C=O) groups is 1. The van der Waals surface area contributed by atoms with Gasteiger partial charge in [-0.1, -0.05) is 13.0 Å². The molecule has 0 fully saturated rings. The summed E-state index contributed by atoms with van der Waals surface area (Å²) in [7, 11) is 0. The molecule has 0 radical (unpaired) electrons. The first-order valence-corrected chi connectivity index (χ1v) is 6.35. The Balaban J connectivity index is 2.53. The number of aryl methyl sites for hydroxylation is 2. The third-order valence-corrected chi connectivity index (χ3v) is 2.76. The lowest BCUT2D eigenvalue weighted by Crippen LogP contribution is -1.98. The van der Waals surface area contributed by atoms with Gasteiger partial charge in [-0.15, -0.1) is 0 Å². The second kappa shape index (κ2) is 7.10. The lowest BCUT2D eigenvalue weighted by molar-refractivity contribution is -0.117. The standard InChI is InChI=1S/C15H22O2/c1-4-10-17-15-9-8-14(12(2)11-15)7-5-6-13(3)16/h8-9,11H,4-7,10H2,1-3H3. The molecular weight excluding hydrogens is 212 g/mol. The summed E-state index contributed by atoms with van der Waals surface area (Å²) in [6.45, 7) is 6.61. The Hall–Kier alpha value is -1.31.